The molecule has 0 radical (unpaired) electrons. The molecule has 0 N–H and O–H groups in total. The number of hydrogen-bond donors (Lipinski definition) is 0. The maximum Gasteiger partial charge on any atom is 0.296 e. The Labute approximate surface area is 120 Å². The fourth-order valence-corrected chi connectivity index (χ4v) is 6.19. The molecule has 4 fully saturated rings. The summed E-state index contributed by atoms with van der Waals surface area (Å²) in [5.41, 5.74) is 0.355. The summed E-state index contributed by atoms with van der Waals surface area (Å²) < 4.78 is 29.9. The highest BCUT2D eigenvalue weighted by Gasteiger charge is 2.81. The zero-order valence-corrected chi connectivity index (χ0v) is 12.7. The second-order valence-corrected chi connectivity index (χ2v) is 8.73. The molecule has 0 aromatic heterocycles. The summed E-state index contributed by atoms with van der Waals surface area (Å²) in [6, 6.07) is 8.44. The number of rotatable bonds is 4. The van der Waals surface area contributed by atoms with Crippen LogP contribution in [0.5, 0.6) is 0 Å². The van der Waals surface area contributed by atoms with Crippen LogP contribution >= 0.6 is 0 Å². The summed E-state index contributed by atoms with van der Waals surface area (Å²) in [4.78, 5) is 0.256. The molecule has 20 heavy (non-hydrogen) atoms. The largest absolute Gasteiger partial charge is 0.296 e. The van der Waals surface area contributed by atoms with Crippen LogP contribution in [0, 0.1) is 28.6 Å². The monoisotopic (exact) mass is 292 g/mol. The molecule has 4 aliphatic carbocycles. The van der Waals surface area contributed by atoms with Gasteiger partial charge in [-0.15, -0.1) is 0 Å². The van der Waals surface area contributed by atoms with E-state index in [9.17, 15) is 8.42 Å². The van der Waals surface area contributed by atoms with Crippen LogP contribution in [-0.4, -0.2) is 15.0 Å². The Morgan fingerprint density at radius 1 is 1.15 bits per heavy atom. The van der Waals surface area contributed by atoms with Crippen LogP contribution in [0.1, 0.15) is 26.7 Å². The fourth-order valence-electron chi connectivity index (χ4n) is 5.16. The highest BCUT2D eigenvalue weighted by molar-refractivity contribution is 7.86. The second kappa shape index (κ2) is 3.66. The molecule has 0 heterocycles. The molecule has 4 heteroatoms. The van der Waals surface area contributed by atoms with Crippen LogP contribution in [-0.2, 0) is 14.3 Å². The van der Waals surface area contributed by atoms with Gasteiger partial charge in [0, 0.05) is 5.41 Å². The summed E-state index contributed by atoms with van der Waals surface area (Å²) in [6.45, 7) is 4.89. The van der Waals surface area contributed by atoms with Gasteiger partial charge in [0.05, 0.1) is 11.5 Å². The molecule has 1 aromatic rings. The van der Waals surface area contributed by atoms with Gasteiger partial charge in [0.25, 0.3) is 10.1 Å². The summed E-state index contributed by atoms with van der Waals surface area (Å²) in [6.07, 6.45) is 2.54. The summed E-state index contributed by atoms with van der Waals surface area (Å²) in [7, 11) is -3.62. The van der Waals surface area contributed by atoms with E-state index in [2.05, 4.69) is 13.8 Å². The van der Waals surface area contributed by atoms with Crippen LogP contribution in [0.2, 0.25) is 0 Å². The molecule has 108 valence electrons. The topological polar surface area (TPSA) is 43.4 Å². The minimum atomic E-state index is -3.62. The Bertz CT molecular complexity index is 640. The highest BCUT2D eigenvalue weighted by Crippen LogP contribution is 2.86. The van der Waals surface area contributed by atoms with E-state index in [1.54, 1.807) is 24.3 Å². The van der Waals surface area contributed by atoms with Gasteiger partial charge >= 0.3 is 0 Å². The van der Waals surface area contributed by atoms with E-state index < -0.39 is 10.1 Å². The zero-order valence-electron chi connectivity index (χ0n) is 11.9. The van der Waals surface area contributed by atoms with Gasteiger partial charge in [-0.25, -0.2) is 0 Å². The minimum absolute atomic E-state index is 0.0319. The quantitative estimate of drug-likeness (QED) is 0.801. The third kappa shape index (κ3) is 1.37. The van der Waals surface area contributed by atoms with E-state index in [4.69, 9.17) is 4.18 Å². The standard InChI is InChI=1S/C16H20O3S/c1-15(11-8-13-14(9-11)16(13,15)2)10-19-20(17,18)12-6-4-3-5-7-12/h3-7,11,13-14H,8-10H2,1-2H3. The summed E-state index contributed by atoms with van der Waals surface area (Å²) >= 11 is 0. The van der Waals surface area contributed by atoms with Crippen molar-refractivity contribution in [2.24, 2.45) is 28.6 Å². The fraction of sp³-hybridized carbons (Fsp3) is 0.625. The first kappa shape index (κ1) is 12.8. The Balaban J connectivity index is 1.55. The Morgan fingerprint density at radius 2 is 1.75 bits per heavy atom. The average molecular weight is 292 g/mol. The molecular weight excluding hydrogens is 272 g/mol. The van der Waals surface area contributed by atoms with Crippen molar-refractivity contribution in [3.05, 3.63) is 30.3 Å². The number of hydrogen-bond acceptors (Lipinski definition) is 3. The van der Waals surface area contributed by atoms with Gasteiger partial charge < -0.3 is 0 Å². The van der Waals surface area contributed by atoms with Gasteiger partial charge in [0.15, 0.2) is 0 Å². The molecule has 4 saturated carbocycles. The Hall–Kier alpha value is -0.870. The SMILES string of the molecule is CC1(COS(=O)(=O)c2ccccc2)C2CC3C(C2)C31C. The van der Waals surface area contributed by atoms with E-state index in [-0.39, 0.29) is 10.3 Å². The molecule has 1 aromatic carbocycles. The first-order valence-electron chi connectivity index (χ1n) is 7.34. The maximum atomic E-state index is 12.3. The normalized spacial score (nSPS) is 44.8. The minimum Gasteiger partial charge on any atom is -0.266 e. The van der Waals surface area contributed by atoms with E-state index in [1.165, 1.54) is 12.8 Å². The van der Waals surface area contributed by atoms with Gasteiger partial charge in [0.1, 0.15) is 0 Å². The van der Waals surface area contributed by atoms with Crippen molar-refractivity contribution < 1.29 is 12.6 Å². The van der Waals surface area contributed by atoms with Gasteiger partial charge in [-0.05, 0) is 48.1 Å². The zero-order chi connectivity index (χ0) is 14.2. The predicted molar refractivity (Wildman–Crippen MR) is 75.5 cm³/mol. The van der Waals surface area contributed by atoms with E-state index >= 15 is 0 Å². The van der Waals surface area contributed by atoms with Gasteiger partial charge in [0.2, 0.25) is 0 Å². The molecule has 3 unspecified atom stereocenters. The van der Waals surface area contributed by atoms with Crippen molar-refractivity contribution in [3.8, 4) is 0 Å². The first-order valence-corrected chi connectivity index (χ1v) is 8.75. The lowest BCUT2D eigenvalue weighted by atomic mass is 9.75. The molecule has 3 atom stereocenters. The van der Waals surface area contributed by atoms with Crippen molar-refractivity contribution in [2.45, 2.75) is 31.6 Å². The molecule has 4 bridgehead atoms. The van der Waals surface area contributed by atoms with Gasteiger partial charge in [-0.3, -0.25) is 4.18 Å². The van der Waals surface area contributed by atoms with Gasteiger partial charge in [-0.2, -0.15) is 8.42 Å². The molecule has 0 saturated heterocycles. The van der Waals surface area contributed by atoms with Crippen LogP contribution in [0.4, 0.5) is 0 Å². The van der Waals surface area contributed by atoms with Crippen molar-refractivity contribution in [1.82, 2.24) is 0 Å². The van der Waals surface area contributed by atoms with Crippen molar-refractivity contribution in [3.63, 3.8) is 0 Å². The first-order chi connectivity index (χ1) is 9.39. The number of benzene rings is 1. The van der Waals surface area contributed by atoms with Crippen molar-refractivity contribution in [2.75, 3.05) is 6.61 Å². The van der Waals surface area contributed by atoms with Gasteiger partial charge in [-0.1, -0.05) is 32.0 Å². The smallest absolute Gasteiger partial charge is 0.266 e. The lowest BCUT2D eigenvalue weighted by Gasteiger charge is -2.33. The third-order valence-electron chi connectivity index (χ3n) is 6.67. The molecule has 3 nitrogen and oxygen atoms in total. The van der Waals surface area contributed by atoms with Crippen molar-refractivity contribution >= 4 is 10.1 Å². The van der Waals surface area contributed by atoms with Crippen molar-refractivity contribution in [1.29, 1.82) is 0 Å². The third-order valence-corrected chi connectivity index (χ3v) is 7.95. The molecule has 5 rings (SSSR count). The molecule has 0 aliphatic heterocycles. The van der Waals surface area contributed by atoms with Crippen LogP contribution < -0.4 is 0 Å². The van der Waals surface area contributed by atoms with Crippen LogP contribution in [0.25, 0.3) is 0 Å². The predicted octanol–water partition coefficient (Wildman–Crippen LogP) is 3.07. The molecule has 0 spiro atoms. The average Bonchev–Trinajstić information content (AvgIpc) is 2.78. The Morgan fingerprint density at radius 3 is 2.25 bits per heavy atom. The lowest BCUT2D eigenvalue weighted by Crippen LogP contribution is -2.33. The second-order valence-electron chi connectivity index (χ2n) is 7.11. The van der Waals surface area contributed by atoms with Crippen LogP contribution in [0.3, 0.4) is 0 Å². The lowest BCUT2D eigenvalue weighted by molar-refractivity contribution is 0.0843. The Kier molecular flexibility index (Phi) is 2.35. The molecule has 4 aliphatic rings. The maximum absolute atomic E-state index is 12.3. The van der Waals surface area contributed by atoms with E-state index in [0.29, 0.717) is 17.9 Å². The highest BCUT2D eigenvalue weighted by atomic mass is 32.2. The molecular formula is C16H20O3S. The van der Waals surface area contributed by atoms with E-state index in [0.717, 1.165) is 11.8 Å². The van der Waals surface area contributed by atoms with Crippen LogP contribution in [0.15, 0.2) is 35.2 Å². The van der Waals surface area contributed by atoms with E-state index in [1.807, 2.05) is 6.07 Å². The summed E-state index contributed by atoms with van der Waals surface area (Å²) in [5, 5.41) is 0. The summed E-state index contributed by atoms with van der Waals surface area (Å²) in [5.74, 6) is 2.29. The molecule has 0 amide bonds.